The van der Waals surface area contributed by atoms with Crippen LogP contribution < -0.4 is 5.48 Å². The fourth-order valence-electron chi connectivity index (χ4n) is 1.82. The molecule has 0 saturated heterocycles. The molecule has 2 rings (SSSR count). The van der Waals surface area contributed by atoms with Crippen molar-refractivity contribution in [3.8, 4) is 0 Å². The Morgan fingerprint density at radius 1 is 1.42 bits per heavy atom. The van der Waals surface area contributed by atoms with Gasteiger partial charge >= 0.3 is 0 Å². The van der Waals surface area contributed by atoms with Gasteiger partial charge in [-0.25, -0.2) is 9.98 Å². The molecule has 19 heavy (non-hydrogen) atoms. The molecular formula is C14H17N3OS. The predicted molar refractivity (Wildman–Crippen MR) is 79.0 cm³/mol. The molecule has 0 spiro atoms. The van der Waals surface area contributed by atoms with Crippen molar-refractivity contribution in [2.24, 2.45) is 4.99 Å². The van der Waals surface area contributed by atoms with Gasteiger partial charge in [-0.3, -0.25) is 10.3 Å². The second-order valence-electron chi connectivity index (χ2n) is 4.32. The number of aryl methyl sites for hydroxylation is 2. The monoisotopic (exact) mass is 275 g/mol. The minimum absolute atomic E-state index is 0.700. The zero-order chi connectivity index (χ0) is 13.7. The van der Waals surface area contributed by atoms with E-state index in [2.05, 4.69) is 32.3 Å². The fraction of sp³-hybridized carbons (Fsp3) is 0.286. The Labute approximate surface area is 117 Å². The van der Waals surface area contributed by atoms with Gasteiger partial charge in [0, 0.05) is 12.1 Å². The lowest BCUT2D eigenvalue weighted by Gasteiger charge is -2.07. The lowest BCUT2D eigenvalue weighted by molar-refractivity contribution is 0.143. The third-order valence-electron chi connectivity index (χ3n) is 2.51. The molecule has 0 saturated carbocycles. The van der Waals surface area contributed by atoms with E-state index in [0.717, 1.165) is 17.1 Å². The van der Waals surface area contributed by atoms with Crippen LogP contribution in [0.25, 0.3) is 0 Å². The molecule has 0 radical (unpaired) electrons. The van der Waals surface area contributed by atoms with Crippen LogP contribution in [0.3, 0.4) is 0 Å². The first-order valence-corrected chi connectivity index (χ1v) is 6.94. The van der Waals surface area contributed by atoms with Gasteiger partial charge in [0.05, 0.1) is 7.11 Å². The van der Waals surface area contributed by atoms with Crippen LogP contribution in [0.15, 0.2) is 34.0 Å². The first-order chi connectivity index (χ1) is 9.17. The topological polar surface area (TPSA) is 46.5 Å². The van der Waals surface area contributed by atoms with Crippen LogP contribution in [0.5, 0.6) is 0 Å². The number of amidine groups is 1. The molecule has 0 bridgehead atoms. The van der Waals surface area contributed by atoms with Gasteiger partial charge in [-0.05, 0) is 53.9 Å². The summed E-state index contributed by atoms with van der Waals surface area (Å²) < 4.78 is 0. The summed E-state index contributed by atoms with van der Waals surface area (Å²) >= 11 is 1.67. The number of pyridine rings is 1. The van der Waals surface area contributed by atoms with Crippen molar-refractivity contribution in [1.82, 2.24) is 10.5 Å². The summed E-state index contributed by atoms with van der Waals surface area (Å²) in [4.78, 5) is 13.9. The van der Waals surface area contributed by atoms with Crippen molar-refractivity contribution in [1.29, 1.82) is 0 Å². The molecule has 0 amide bonds. The second kappa shape index (κ2) is 6.45. The Kier molecular flexibility index (Phi) is 4.65. The van der Waals surface area contributed by atoms with E-state index in [0.29, 0.717) is 12.2 Å². The summed E-state index contributed by atoms with van der Waals surface area (Å²) in [6.45, 7) is 4.00. The summed E-state index contributed by atoms with van der Waals surface area (Å²) in [5, 5.41) is 4.15. The van der Waals surface area contributed by atoms with Crippen molar-refractivity contribution in [3.63, 3.8) is 0 Å². The Morgan fingerprint density at radius 2 is 2.26 bits per heavy atom. The first-order valence-electron chi connectivity index (χ1n) is 6.00. The molecule has 0 aliphatic rings. The lowest BCUT2D eigenvalue weighted by atomic mass is 10.2. The summed E-state index contributed by atoms with van der Waals surface area (Å²) in [5.74, 6) is 1.45. The average molecular weight is 275 g/mol. The first kappa shape index (κ1) is 13.7. The van der Waals surface area contributed by atoms with Gasteiger partial charge in [0.1, 0.15) is 5.84 Å². The number of hydrogen-bond acceptors (Lipinski definition) is 4. The van der Waals surface area contributed by atoms with Crippen molar-refractivity contribution in [2.45, 2.75) is 20.3 Å². The van der Waals surface area contributed by atoms with E-state index < -0.39 is 0 Å². The number of aromatic nitrogens is 1. The number of rotatable bonds is 4. The highest BCUT2D eigenvalue weighted by Gasteiger charge is 2.04. The molecule has 2 aromatic heterocycles. The predicted octanol–water partition coefficient (Wildman–Crippen LogP) is 3.18. The molecule has 0 aliphatic carbocycles. The standard InChI is InChI=1S/C14H17N3OS/c1-10-6-11(2)15-13(7-10)16-14(17-18-3)8-12-4-5-19-9-12/h4-7,9H,8H2,1-3H3,(H,15,16,17). The maximum atomic E-state index is 4.98. The van der Waals surface area contributed by atoms with Crippen LogP contribution >= 0.6 is 11.3 Å². The van der Waals surface area contributed by atoms with Crippen LogP contribution in [0.1, 0.15) is 16.8 Å². The van der Waals surface area contributed by atoms with Crippen molar-refractivity contribution < 1.29 is 4.84 Å². The molecule has 2 aromatic rings. The van der Waals surface area contributed by atoms with E-state index in [-0.39, 0.29) is 0 Å². The maximum absolute atomic E-state index is 4.98. The largest absolute Gasteiger partial charge is 0.278 e. The quantitative estimate of drug-likeness (QED) is 0.529. The number of hydrogen-bond donors (Lipinski definition) is 1. The van der Waals surface area contributed by atoms with E-state index in [1.165, 1.54) is 5.56 Å². The summed E-state index contributed by atoms with van der Waals surface area (Å²) in [6.07, 6.45) is 0.700. The van der Waals surface area contributed by atoms with Crippen LogP contribution in [0.4, 0.5) is 5.82 Å². The van der Waals surface area contributed by atoms with Crippen molar-refractivity contribution in [2.75, 3.05) is 7.11 Å². The van der Waals surface area contributed by atoms with Gasteiger partial charge in [-0.1, -0.05) is 0 Å². The number of aliphatic imine (C=N–C) groups is 1. The minimum atomic E-state index is 0.700. The van der Waals surface area contributed by atoms with E-state index in [9.17, 15) is 0 Å². The van der Waals surface area contributed by atoms with Crippen LogP contribution in [0, 0.1) is 13.8 Å². The van der Waals surface area contributed by atoms with Gasteiger partial charge in [-0.15, -0.1) is 0 Å². The molecule has 0 aromatic carbocycles. The zero-order valence-electron chi connectivity index (χ0n) is 11.3. The molecule has 0 atom stereocenters. The SMILES string of the molecule is CON/C(Cc1ccsc1)=N/c1cc(C)cc(C)n1. The lowest BCUT2D eigenvalue weighted by Crippen LogP contribution is -2.24. The number of thiophene rings is 1. The smallest absolute Gasteiger partial charge is 0.154 e. The Morgan fingerprint density at radius 3 is 2.89 bits per heavy atom. The Balaban J connectivity index is 2.24. The van der Waals surface area contributed by atoms with Crippen LogP contribution in [-0.4, -0.2) is 17.9 Å². The summed E-state index contributed by atoms with van der Waals surface area (Å²) in [7, 11) is 1.58. The highest BCUT2D eigenvalue weighted by atomic mass is 32.1. The molecule has 0 fully saturated rings. The molecule has 0 aliphatic heterocycles. The number of hydroxylamine groups is 1. The molecule has 0 unspecified atom stereocenters. The van der Waals surface area contributed by atoms with Crippen molar-refractivity contribution >= 4 is 23.0 Å². The summed E-state index contributed by atoms with van der Waals surface area (Å²) in [6, 6.07) is 6.06. The van der Waals surface area contributed by atoms with Crippen molar-refractivity contribution in [3.05, 3.63) is 45.8 Å². The second-order valence-corrected chi connectivity index (χ2v) is 5.10. The van der Waals surface area contributed by atoms with E-state index in [4.69, 9.17) is 4.84 Å². The zero-order valence-corrected chi connectivity index (χ0v) is 12.1. The molecule has 100 valence electrons. The van der Waals surface area contributed by atoms with Gasteiger partial charge in [-0.2, -0.15) is 11.3 Å². The molecule has 2 heterocycles. The minimum Gasteiger partial charge on any atom is -0.278 e. The van der Waals surface area contributed by atoms with Gasteiger partial charge < -0.3 is 0 Å². The average Bonchev–Trinajstić information content (AvgIpc) is 2.80. The molecule has 1 N–H and O–H groups in total. The van der Waals surface area contributed by atoms with Crippen LogP contribution in [-0.2, 0) is 11.3 Å². The fourth-order valence-corrected chi connectivity index (χ4v) is 2.49. The highest BCUT2D eigenvalue weighted by molar-refractivity contribution is 7.08. The third kappa shape index (κ3) is 4.15. The summed E-state index contributed by atoms with van der Waals surface area (Å²) in [5.41, 5.74) is 6.14. The van der Waals surface area contributed by atoms with E-state index in [1.54, 1.807) is 18.4 Å². The normalized spacial score (nSPS) is 11.6. The van der Waals surface area contributed by atoms with E-state index in [1.807, 2.05) is 26.0 Å². The molecule has 4 nitrogen and oxygen atoms in total. The Hall–Kier alpha value is -1.72. The van der Waals surface area contributed by atoms with Gasteiger partial charge in [0.2, 0.25) is 0 Å². The number of nitrogens with one attached hydrogen (secondary N) is 1. The Bertz CT molecular complexity index is 544. The van der Waals surface area contributed by atoms with Crippen LogP contribution in [0.2, 0.25) is 0 Å². The van der Waals surface area contributed by atoms with E-state index >= 15 is 0 Å². The third-order valence-corrected chi connectivity index (χ3v) is 3.24. The maximum Gasteiger partial charge on any atom is 0.154 e. The van der Waals surface area contributed by atoms with Gasteiger partial charge in [0.15, 0.2) is 5.82 Å². The number of nitrogens with zero attached hydrogens (tertiary/aromatic N) is 2. The molecular weight excluding hydrogens is 258 g/mol. The molecule has 5 heteroatoms. The van der Waals surface area contributed by atoms with Gasteiger partial charge in [0.25, 0.3) is 0 Å². The highest BCUT2D eigenvalue weighted by Crippen LogP contribution is 2.14.